The first-order chi connectivity index (χ1) is 6.36. The van der Waals surface area contributed by atoms with Crippen molar-refractivity contribution in [3.05, 3.63) is 23.0 Å². The lowest BCUT2D eigenvalue weighted by atomic mass is 9.79. The molecule has 0 aromatic heterocycles. The lowest BCUT2D eigenvalue weighted by molar-refractivity contribution is 0.413. The monoisotopic (exact) mass is 227 g/mol. The topological polar surface area (TPSA) is 9.23 Å². The lowest BCUT2D eigenvalue weighted by Crippen LogP contribution is -2.36. The molecule has 0 amide bonds. The number of halogens is 5. The summed E-state index contributed by atoms with van der Waals surface area (Å²) < 4.78 is 54.0. The van der Waals surface area contributed by atoms with Crippen molar-refractivity contribution in [1.82, 2.24) is 0 Å². The predicted octanol–water partition coefficient (Wildman–Crippen LogP) is 2.54. The summed E-state index contributed by atoms with van der Waals surface area (Å²) in [6.07, 6.45) is 0. The summed E-state index contributed by atoms with van der Waals surface area (Å²) in [5, 5.41) is -0.186. The Hall–Kier alpha value is -0.905. The van der Waals surface area contributed by atoms with Crippen molar-refractivity contribution in [2.24, 2.45) is 0 Å². The van der Waals surface area contributed by atoms with Gasteiger partial charge in [0.25, 0.3) is 0 Å². The molecule has 0 aliphatic rings. The maximum Gasteiger partial charge on any atom is 0.512 e. The van der Waals surface area contributed by atoms with Gasteiger partial charge in [0, 0.05) is 0 Å². The van der Waals surface area contributed by atoms with Gasteiger partial charge < -0.3 is 17.7 Å². The van der Waals surface area contributed by atoms with Crippen molar-refractivity contribution in [3.8, 4) is 5.75 Å². The molecule has 0 saturated carbocycles. The SMILES string of the molecule is COc1cc([B-](F)(F)F)c(F)cc1Cl. The summed E-state index contributed by atoms with van der Waals surface area (Å²) in [6.45, 7) is -5.38. The second-order valence-corrected chi connectivity index (χ2v) is 2.99. The lowest BCUT2D eigenvalue weighted by Gasteiger charge is -2.17. The van der Waals surface area contributed by atoms with Crippen LogP contribution in [-0.4, -0.2) is 14.1 Å². The molecule has 7 heteroatoms. The number of benzene rings is 1. The maximum atomic E-state index is 12.8. The molecular formula is C7H5BClF4O-. The minimum absolute atomic E-state index is 0.186. The van der Waals surface area contributed by atoms with Crippen LogP contribution >= 0.6 is 11.6 Å². The molecule has 0 aliphatic heterocycles. The van der Waals surface area contributed by atoms with Crippen LogP contribution in [0, 0.1) is 5.82 Å². The fourth-order valence-corrected chi connectivity index (χ4v) is 1.18. The summed E-state index contributed by atoms with van der Waals surface area (Å²) in [6, 6.07) is 1.14. The second-order valence-electron chi connectivity index (χ2n) is 2.58. The molecule has 1 nitrogen and oxygen atoms in total. The van der Waals surface area contributed by atoms with Gasteiger partial charge in [-0.25, -0.2) is 4.39 Å². The van der Waals surface area contributed by atoms with Gasteiger partial charge in [-0.05, 0) is 12.1 Å². The summed E-state index contributed by atoms with van der Waals surface area (Å²) in [5.74, 6) is -1.58. The van der Waals surface area contributed by atoms with Crippen LogP contribution in [0.1, 0.15) is 0 Å². The summed E-state index contributed by atoms with van der Waals surface area (Å²) in [7, 11) is 1.16. The zero-order valence-corrected chi connectivity index (χ0v) is 7.79. The van der Waals surface area contributed by atoms with E-state index >= 15 is 0 Å². The summed E-state index contributed by atoms with van der Waals surface area (Å²) in [5.41, 5.74) is -1.33. The van der Waals surface area contributed by atoms with Crippen molar-refractivity contribution < 1.29 is 22.1 Å². The van der Waals surface area contributed by atoms with E-state index in [0.29, 0.717) is 12.1 Å². The Morgan fingerprint density at radius 1 is 1.29 bits per heavy atom. The normalized spacial score (nSPS) is 11.6. The zero-order chi connectivity index (χ0) is 10.9. The second kappa shape index (κ2) is 3.69. The fourth-order valence-electron chi connectivity index (χ4n) is 0.952. The molecule has 0 heterocycles. The Kier molecular flexibility index (Phi) is 2.94. The van der Waals surface area contributed by atoms with Crippen LogP contribution in [0.25, 0.3) is 0 Å². The third-order valence-corrected chi connectivity index (χ3v) is 1.92. The first-order valence-corrected chi connectivity index (χ1v) is 3.97. The van der Waals surface area contributed by atoms with E-state index in [9.17, 15) is 17.3 Å². The minimum atomic E-state index is -5.38. The number of hydrogen-bond donors (Lipinski definition) is 0. The quantitative estimate of drug-likeness (QED) is 0.557. The van der Waals surface area contributed by atoms with Crippen LogP contribution < -0.4 is 10.2 Å². The molecule has 0 spiro atoms. The molecule has 0 N–H and O–H groups in total. The first-order valence-electron chi connectivity index (χ1n) is 3.59. The number of rotatable bonds is 2. The van der Waals surface area contributed by atoms with Gasteiger partial charge in [-0.2, -0.15) is 0 Å². The van der Waals surface area contributed by atoms with Gasteiger partial charge in [-0.15, -0.1) is 0 Å². The molecule has 1 aromatic carbocycles. The van der Waals surface area contributed by atoms with E-state index < -0.39 is 18.3 Å². The standard InChI is InChI=1S/C7H5BClF4O/c1-14-7-2-4(8(11,12)13)6(10)3-5(7)9/h2-3H,1H3/q-1. The molecule has 0 fully saturated rings. The van der Waals surface area contributed by atoms with Crippen LogP contribution in [0.4, 0.5) is 17.3 Å². The van der Waals surface area contributed by atoms with E-state index in [1.54, 1.807) is 0 Å². The maximum absolute atomic E-state index is 12.8. The molecular weight excluding hydrogens is 222 g/mol. The highest BCUT2D eigenvalue weighted by atomic mass is 35.5. The largest absolute Gasteiger partial charge is 0.512 e. The van der Waals surface area contributed by atoms with Crippen molar-refractivity contribution in [3.63, 3.8) is 0 Å². The van der Waals surface area contributed by atoms with Crippen LogP contribution in [0.2, 0.25) is 5.02 Å². The third kappa shape index (κ3) is 2.12. The Balaban J connectivity index is 3.32. The van der Waals surface area contributed by atoms with Gasteiger partial charge in [0.05, 0.1) is 17.9 Å². The zero-order valence-electron chi connectivity index (χ0n) is 7.03. The first kappa shape index (κ1) is 11.2. The van der Waals surface area contributed by atoms with E-state index in [0.717, 1.165) is 7.11 Å². The van der Waals surface area contributed by atoms with Crippen LogP contribution in [-0.2, 0) is 0 Å². The fraction of sp³-hybridized carbons (Fsp3) is 0.143. The highest BCUT2D eigenvalue weighted by Gasteiger charge is 2.30. The van der Waals surface area contributed by atoms with Crippen molar-refractivity contribution >= 4 is 24.0 Å². The molecule has 0 unspecified atom stereocenters. The van der Waals surface area contributed by atoms with Crippen molar-refractivity contribution in [2.75, 3.05) is 7.11 Å². The molecule has 1 rings (SSSR count). The minimum Gasteiger partial charge on any atom is -0.495 e. The van der Waals surface area contributed by atoms with E-state index in [-0.39, 0.29) is 10.8 Å². The summed E-state index contributed by atoms with van der Waals surface area (Å²) >= 11 is 5.43. The molecule has 0 saturated heterocycles. The van der Waals surface area contributed by atoms with E-state index in [1.807, 2.05) is 0 Å². The van der Waals surface area contributed by atoms with Gasteiger partial charge in [0.1, 0.15) is 5.75 Å². The molecule has 14 heavy (non-hydrogen) atoms. The molecule has 0 aliphatic carbocycles. The Labute approximate surface area is 82.7 Å². The number of hydrogen-bond acceptors (Lipinski definition) is 1. The van der Waals surface area contributed by atoms with E-state index in [2.05, 4.69) is 4.74 Å². The molecule has 1 aromatic rings. The molecule has 0 atom stereocenters. The van der Waals surface area contributed by atoms with Gasteiger partial charge in [0.15, 0.2) is 0 Å². The van der Waals surface area contributed by atoms with Crippen LogP contribution in [0.3, 0.4) is 0 Å². The van der Waals surface area contributed by atoms with Gasteiger partial charge in [-0.1, -0.05) is 17.1 Å². The average molecular weight is 227 g/mol. The van der Waals surface area contributed by atoms with Crippen molar-refractivity contribution in [2.45, 2.75) is 0 Å². The number of methoxy groups -OCH3 is 1. The smallest absolute Gasteiger partial charge is 0.495 e. The van der Waals surface area contributed by atoms with E-state index in [4.69, 9.17) is 11.6 Å². The highest BCUT2D eigenvalue weighted by molar-refractivity contribution is 6.73. The Morgan fingerprint density at radius 3 is 2.29 bits per heavy atom. The molecule has 0 bridgehead atoms. The van der Waals surface area contributed by atoms with Gasteiger partial charge in [-0.3, -0.25) is 0 Å². The molecule has 78 valence electrons. The number of ether oxygens (including phenoxy) is 1. The van der Waals surface area contributed by atoms with Crippen LogP contribution in [0.5, 0.6) is 5.75 Å². The third-order valence-electron chi connectivity index (χ3n) is 1.62. The predicted molar refractivity (Wildman–Crippen MR) is 46.7 cm³/mol. The van der Waals surface area contributed by atoms with Gasteiger partial charge in [0.2, 0.25) is 0 Å². The molecule has 0 radical (unpaired) electrons. The summed E-state index contributed by atoms with van der Waals surface area (Å²) in [4.78, 5) is 0. The van der Waals surface area contributed by atoms with E-state index in [1.165, 1.54) is 0 Å². The Morgan fingerprint density at radius 2 is 1.86 bits per heavy atom. The van der Waals surface area contributed by atoms with Crippen molar-refractivity contribution in [1.29, 1.82) is 0 Å². The highest BCUT2D eigenvalue weighted by Crippen LogP contribution is 2.25. The van der Waals surface area contributed by atoms with Gasteiger partial charge >= 0.3 is 6.98 Å². The Bertz CT molecular complexity index is 352. The average Bonchev–Trinajstić information content (AvgIpc) is 2.02. The van der Waals surface area contributed by atoms with Crippen LogP contribution in [0.15, 0.2) is 12.1 Å².